The van der Waals surface area contributed by atoms with Gasteiger partial charge in [0.05, 0.1) is 19.3 Å². The number of guanidine groups is 1. The van der Waals surface area contributed by atoms with E-state index < -0.39 is 0 Å². The first-order valence-electron chi connectivity index (χ1n) is 9.08. The predicted molar refractivity (Wildman–Crippen MR) is 114 cm³/mol. The van der Waals surface area contributed by atoms with Gasteiger partial charge >= 0.3 is 0 Å². The van der Waals surface area contributed by atoms with Gasteiger partial charge in [-0.25, -0.2) is 0 Å². The second-order valence-electron chi connectivity index (χ2n) is 7.76. The van der Waals surface area contributed by atoms with Gasteiger partial charge in [0.15, 0.2) is 5.96 Å². The molecule has 3 aromatic rings. The monoisotopic (exact) mass is 361 g/mol. The maximum Gasteiger partial charge on any atom is 0.193 e. The number of nitrogens with zero attached hydrogens (tertiary/aromatic N) is 1. The summed E-state index contributed by atoms with van der Waals surface area (Å²) in [5.74, 6) is 0.694. The van der Waals surface area contributed by atoms with Crippen LogP contribution in [0.4, 0.5) is 5.69 Å². The molecule has 0 fully saturated rings. The van der Waals surface area contributed by atoms with Gasteiger partial charge in [-0.05, 0) is 28.0 Å². The number of hydrogen-bond acceptors (Lipinski definition) is 2. The quantitative estimate of drug-likeness (QED) is 0.505. The number of methoxy groups -OCH3 is 1. The van der Waals surface area contributed by atoms with Gasteiger partial charge in [-0.15, -0.1) is 0 Å². The number of benzene rings is 3. The van der Waals surface area contributed by atoms with Crippen LogP contribution in [0.5, 0.6) is 5.75 Å². The molecule has 140 valence electrons. The molecule has 0 unspecified atom stereocenters. The van der Waals surface area contributed by atoms with Crippen molar-refractivity contribution in [1.29, 1.82) is 5.41 Å². The lowest BCUT2D eigenvalue weighted by Crippen LogP contribution is -2.36. The van der Waals surface area contributed by atoms with Gasteiger partial charge in [0.2, 0.25) is 0 Å². The van der Waals surface area contributed by atoms with E-state index >= 15 is 0 Å². The lowest BCUT2D eigenvalue weighted by Gasteiger charge is -2.27. The molecule has 27 heavy (non-hydrogen) atoms. The summed E-state index contributed by atoms with van der Waals surface area (Å²) in [5.41, 5.74) is 9.29. The van der Waals surface area contributed by atoms with Gasteiger partial charge in [0, 0.05) is 5.39 Å². The molecule has 0 spiro atoms. The zero-order chi connectivity index (χ0) is 19.6. The lowest BCUT2D eigenvalue weighted by atomic mass is 9.87. The second-order valence-corrected chi connectivity index (χ2v) is 7.76. The van der Waals surface area contributed by atoms with Crippen molar-refractivity contribution < 1.29 is 4.74 Å². The molecule has 3 aromatic carbocycles. The fourth-order valence-electron chi connectivity index (χ4n) is 3.26. The summed E-state index contributed by atoms with van der Waals surface area (Å²) in [6.07, 6.45) is 0. The average molecular weight is 361 g/mol. The van der Waals surface area contributed by atoms with E-state index in [1.54, 1.807) is 12.0 Å². The highest BCUT2D eigenvalue weighted by molar-refractivity contribution is 6.05. The Morgan fingerprint density at radius 3 is 2.26 bits per heavy atom. The van der Waals surface area contributed by atoms with E-state index in [9.17, 15) is 0 Å². The summed E-state index contributed by atoms with van der Waals surface area (Å²) in [5, 5.41) is 10.3. The minimum atomic E-state index is -0.00968. The van der Waals surface area contributed by atoms with Crippen molar-refractivity contribution in [2.75, 3.05) is 12.0 Å². The Bertz CT molecular complexity index is 956. The van der Waals surface area contributed by atoms with Crippen LogP contribution in [-0.4, -0.2) is 13.1 Å². The molecule has 0 heterocycles. The minimum absolute atomic E-state index is 0.00968. The third kappa shape index (κ3) is 3.90. The number of hydrogen-bond donors (Lipinski definition) is 2. The first-order valence-corrected chi connectivity index (χ1v) is 9.08. The van der Waals surface area contributed by atoms with Gasteiger partial charge in [-0.3, -0.25) is 5.41 Å². The Hall–Kier alpha value is -3.01. The highest BCUT2D eigenvalue weighted by Crippen LogP contribution is 2.37. The highest BCUT2D eigenvalue weighted by Gasteiger charge is 2.19. The smallest absolute Gasteiger partial charge is 0.193 e. The fourth-order valence-corrected chi connectivity index (χ4v) is 3.26. The minimum Gasteiger partial charge on any atom is -0.495 e. The van der Waals surface area contributed by atoms with Crippen molar-refractivity contribution >= 4 is 22.4 Å². The third-order valence-electron chi connectivity index (χ3n) is 4.80. The summed E-state index contributed by atoms with van der Waals surface area (Å²) in [6, 6.07) is 20.5. The molecule has 0 aliphatic rings. The molecule has 0 atom stereocenters. The van der Waals surface area contributed by atoms with E-state index in [-0.39, 0.29) is 11.4 Å². The molecule has 3 N–H and O–H groups in total. The second kappa shape index (κ2) is 7.31. The van der Waals surface area contributed by atoms with Gasteiger partial charge in [0.1, 0.15) is 5.75 Å². The molecule has 0 aliphatic heterocycles. The highest BCUT2D eigenvalue weighted by atomic mass is 16.5. The van der Waals surface area contributed by atoms with Crippen LogP contribution in [0.3, 0.4) is 0 Å². The maximum absolute atomic E-state index is 8.18. The summed E-state index contributed by atoms with van der Waals surface area (Å²) in [6.45, 7) is 7.10. The Kier molecular flexibility index (Phi) is 5.08. The summed E-state index contributed by atoms with van der Waals surface area (Å²) >= 11 is 0. The lowest BCUT2D eigenvalue weighted by molar-refractivity contribution is 0.416. The number of anilines is 1. The SMILES string of the molecule is COc1ccc2ccccc2c1N(Cc1ccc(C(C)(C)C)cc1)C(=N)N. The Labute approximate surface area is 161 Å². The number of nitrogens with two attached hydrogens (primary N) is 1. The van der Waals surface area contributed by atoms with Crippen molar-refractivity contribution in [3.05, 3.63) is 71.8 Å². The molecule has 0 aliphatic carbocycles. The molecule has 4 heteroatoms. The van der Waals surface area contributed by atoms with E-state index in [1.807, 2.05) is 30.3 Å². The Morgan fingerprint density at radius 1 is 1.00 bits per heavy atom. The van der Waals surface area contributed by atoms with Crippen LogP contribution in [0, 0.1) is 5.41 Å². The van der Waals surface area contributed by atoms with Crippen LogP contribution in [0.25, 0.3) is 10.8 Å². The molecule has 0 aromatic heterocycles. The molecule has 0 bridgehead atoms. The van der Waals surface area contributed by atoms with Crippen molar-refractivity contribution in [3.8, 4) is 5.75 Å². The predicted octanol–water partition coefficient (Wildman–Crippen LogP) is 5.05. The molecule has 3 rings (SSSR count). The molecule has 0 amide bonds. The molecule has 4 nitrogen and oxygen atoms in total. The zero-order valence-electron chi connectivity index (χ0n) is 16.4. The maximum atomic E-state index is 8.18. The van der Waals surface area contributed by atoms with E-state index in [2.05, 4.69) is 51.1 Å². The first kappa shape index (κ1) is 18.8. The van der Waals surface area contributed by atoms with Crippen molar-refractivity contribution in [2.45, 2.75) is 32.7 Å². The first-order chi connectivity index (χ1) is 12.8. The van der Waals surface area contributed by atoms with Gasteiger partial charge in [-0.1, -0.05) is 75.4 Å². The molecular formula is C23H27N3O. The van der Waals surface area contributed by atoms with Crippen molar-refractivity contribution in [3.63, 3.8) is 0 Å². The number of nitrogens with one attached hydrogen (secondary N) is 1. The van der Waals surface area contributed by atoms with Crippen molar-refractivity contribution in [2.24, 2.45) is 5.73 Å². The van der Waals surface area contributed by atoms with Gasteiger partial charge in [0.25, 0.3) is 0 Å². The Balaban J connectivity index is 2.04. The van der Waals surface area contributed by atoms with Crippen LogP contribution < -0.4 is 15.4 Å². The zero-order valence-corrected chi connectivity index (χ0v) is 16.4. The molecule has 0 saturated carbocycles. The largest absolute Gasteiger partial charge is 0.495 e. The van der Waals surface area contributed by atoms with Gasteiger partial charge in [-0.2, -0.15) is 0 Å². The van der Waals surface area contributed by atoms with E-state index in [1.165, 1.54) is 5.56 Å². The standard InChI is InChI=1S/C23H27N3O/c1-23(2,3)18-12-9-16(10-13-18)15-26(22(24)25)21-19-8-6-5-7-17(19)11-14-20(21)27-4/h5-14H,15H2,1-4H3,(H3,24,25). The van der Waals surface area contributed by atoms with E-state index in [4.69, 9.17) is 15.9 Å². The summed E-state index contributed by atoms with van der Waals surface area (Å²) in [4.78, 5) is 1.80. The summed E-state index contributed by atoms with van der Waals surface area (Å²) < 4.78 is 5.59. The van der Waals surface area contributed by atoms with Crippen molar-refractivity contribution in [1.82, 2.24) is 0 Å². The normalized spacial score (nSPS) is 11.4. The molecular weight excluding hydrogens is 334 g/mol. The van der Waals surface area contributed by atoms with E-state index in [0.717, 1.165) is 22.0 Å². The average Bonchev–Trinajstić information content (AvgIpc) is 2.65. The molecule has 0 saturated heterocycles. The Morgan fingerprint density at radius 2 is 1.67 bits per heavy atom. The summed E-state index contributed by atoms with van der Waals surface area (Å²) in [7, 11) is 1.64. The molecule has 0 radical (unpaired) electrons. The van der Waals surface area contributed by atoms with Crippen LogP contribution in [0.1, 0.15) is 31.9 Å². The van der Waals surface area contributed by atoms with Crippen LogP contribution in [-0.2, 0) is 12.0 Å². The topological polar surface area (TPSA) is 62.3 Å². The number of rotatable bonds is 4. The number of fused-ring (bicyclic) bond motifs is 1. The van der Waals surface area contributed by atoms with E-state index in [0.29, 0.717) is 12.3 Å². The van der Waals surface area contributed by atoms with Crippen LogP contribution in [0.15, 0.2) is 60.7 Å². The van der Waals surface area contributed by atoms with Crippen LogP contribution in [0.2, 0.25) is 0 Å². The van der Waals surface area contributed by atoms with Crippen LogP contribution >= 0.6 is 0 Å². The third-order valence-corrected chi connectivity index (χ3v) is 4.80. The fraction of sp³-hybridized carbons (Fsp3) is 0.261. The number of ether oxygens (including phenoxy) is 1. The van der Waals surface area contributed by atoms with Gasteiger partial charge < -0.3 is 15.4 Å².